The van der Waals surface area contributed by atoms with E-state index in [1.165, 1.54) is 11.3 Å². The molecule has 0 amide bonds. The molecule has 0 spiro atoms. The van der Waals surface area contributed by atoms with Gasteiger partial charge in [-0.3, -0.25) is 0 Å². The molecule has 0 N–H and O–H groups in total. The van der Waals surface area contributed by atoms with Crippen LogP contribution in [0.3, 0.4) is 0 Å². The van der Waals surface area contributed by atoms with Crippen LogP contribution in [0.1, 0.15) is 0 Å². The summed E-state index contributed by atoms with van der Waals surface area (Å²) in [6, 6.07) is 2.81. The maximum atomic E-state index is 3.20. The van der Waals surface area contributed by atoms with Crippen LogP contribution in [-0.4, -0.2) is 0 Å². The van der Waals surface area contributed by atoms with Crippen LogP contribution >= 0.6 is 27.3 Å². The van der Waals surface area contributed by atoms with Crippen LogP contribution < -0.4 is 0 Å². The topological polar surface area (TPSA) is 0 Å². The van der Waals surface area contributed by atoms with Crippen molar-refractivity contribution in [1.82, 2.24) is 0 Å². The lowest BCUT2D eigenvalue weighted by Crippen LogP contribution is -1.33. The molecule has 0 aliphatic rings. The number of rotatable bonds is 0. The summed E-state index contributed by atoms with van der Waals surface area (Å²) in [5, 5.41) is 4.73. The summed E-state index contributed by atoms with van der Waals surface area (Å²) in [6.07, 6.45) is 0. The van der Waals surface area contributed by atoms with Gasteiger partial charge in [-0.05, 0) is 27.4 Å². The highest BCUT2D eigenvalue weighted by atomic mass is 79.9. The van der Waals surface area contributed by atoms with E-state index in [1.807, 2.05) is 5.38 Å². The molecule has 0 nitrogen and oxygen atoms in total. The van der Waals surface area contributed by atoms with Crippen LogP contribution in [0.5, 0.6) is 0 Å². The third-order valence-electron chi connectivity index (χ3n) is 0.392. The van der Waals surface area contributed by atoms with E-state index in [2.05, 4.69) is 27.4 Å². The molecule has 0 atom stereocenters. The second kappa shape index (κ2) is 1.63. The zero-order valence-electron chi connectivity index (χ0n) is 2.86. The second-order valence-electron chi connectivity index (χ2n) is 0.811. The smallest absolute Gasteiger partial charge is 0.0791 e. The molecule has 1 aromatic heterocycles. The predicted molar refractivity (Wildman–Crippen MR) is 29.7 cm³/mol. The van der Waals surface area contributed by atoms with Gasteiger partial charge in [-0.2, -0.15) is 0 Å². The molecule has 0 saturated heterocycles. The number of hydrogen-bond acceptors (Lipinski definition) is 1. The van der Waals surface area contributed by atoms with E-state index in [-0.39, 0.29) is 0 Å². The molecule has 0 aromatic carbocycles. The Hall–Kier alpha value is -0.0000000000000000278. The predicted octanol–water partition coefficient (Wildman–Crippen LogP) is 2.11. The first-order chi connectivity index (χ1) is 2.89. The second-order valence-corrected chi connectivity index (χ2v) is 2.34. The normalized spacial score (nSPS) is 7.50. The SMILES string of the molecule is Brc1c#csc1. The quantitative estimate of drug-likeness (QED) is 0.546. The molecule has 30 valence electrons. The van der Waals surface area contributed by atoms with Crippen LogP contribution in [0.2, 0.25) is 0 Å². The monoisotopic (exact) mass is 160 g/mol. The third kappa shape index (κ3) is 0.735. The van der Waals surface area contributed by atoms with Crippen molar-refractivity contribution < 1.29 is 0 Å². The summed E-state index contributed by atoms with van der Waals surface area (Å²) in [4.78, 5) is 0. The van der Waals surface area contributed by atoms with Crippen molar-refractivity contribution in [2.24, 2.45) is 0 Å². The van der Waals surface area contributed by atoms with E-state index in [4.69, 9.17) is 0 Å². The zero-order valence-corrected chi connectivity index (χ0v) is 5.27. The lowest BCUT2D eigenvalue weighted by atomic mass is 10.8. The Morgan fingerprint density at radius 1 is 1.83 bits per heavy atom. The van der Waals surface area contributed by atoms with E-state index in [1.54, 1.807) is 0 Å². The van der Waals surface area contributed by atoms with Crippen LogP contribution in [-0.2, 0) is 0 Å². The van der Waals surface area contributed by atoms with Gasteiger partial charge in [0.1, 0.15) is 0 Å². The Balaban J connectivity index is 3.05. The Morgan fingerprint density at radius 2 is 2.67 bits per heavy atom. The Labute approximate surface area is 48.9 Å². The molecule has 6 heavy (non-hydrogen) atoms. The molecule has 0 fully saturated rings. The Bertz CT molecular complexity index is 111. The van der Waals surface area contributed by atoms with Gasteiger partial charge in [-0.15, -0.1) is 0 Å². The lowest BCUT2D eigenvalue weighted by molar-refractivity contribution is 1.93. The van der Waals surface area contributed by atoms with Gasteiger partial charge >= 0.3 is 0 Å². The number of halogens is 1. The highest BCUT2D eigenvalue weighted by Crippen LogP contribution is 2.05. The fraction of sp³-hybridized carbons (Fsp3) is 0. The highest BCUT2D eigenvalue weighted by Gasteiger charge is 1.74. The van der Waals surface area contributed by atoms with Crippen molar-refractivity contribution in [1.29, 1.82) is 0 Å². The molecule has 0 aliphatic heterocycles. The van der Waals surface area contributed by atoms with Crippen molar-refractivity contribution in [2.45, 2.75) is 0 Å². The first-order valence-corrected chi connectivity index (χ1v) is 3.09. The van der Waals surface area contributed by atoms with E-state index < -0.39 is 0 Å². The van der Waals surface area contributed by atoms with Gasteiger partial charge < -0.3 is 0 Å². The molecule has 0 saturated carbocycles. The summed E-state index contributed by atoms with van der Waals surface area (Å²) in [5.74, 6) is 0. The maximum Gasteiger partial charge on any atom is 0.0791 e. The fourth-order valence-corrected chi connectivity index (χ4v) is 1.09. The van der Waals surface area contributed by atoms with Gasteiger partial charge in [0.05, 0.1) is 4.47 Å². The Morgan fingerprint density at radius 3 is 2.83 bits per heavy atom. The largest absolute Gasteiger partial charge is 0.0906 e. The summed E-state index contributed by atoms with van der Waals surface area (Å²) in [7, 11) is 0. The molecule has 1 aromatic rings. The van der Waals surface area contributed by atoms with Crippen molar-refractivity contribution in [3.05, 3.63) is 21.3 Å². The first kappa shape index (κ1) is 4.17. The zero-order chi connectivity index (χ0) is 4.41. The van der Waals surface area contributed by atoms with Crippen molar-refractivity contribution >= 4 is 27.3 Å². The molecule has 0 bridgehead atoms. The minimum Gasteiger partial charge on any atom is -0.0906 e. The molecule has 1 rings (SSSR count). The molecular weight excluding hydrogens is 160 g/mol. The Kier molecular flexibility index (Phi) is 1.13. The fourth-order valence-electron chi connectivity index (χ4n) is 0.189. The molecule has 0 radical (unpaired) electrons. The van der Waals surface area contributed by atoms with Gasteiger partial charge in [-0.25, -0.2) is 0 Å². The lowest BCUT2D eigenvalue weighted by Gasteiger charge is -1.58. The summed E-state index contributed by atoms with van der Waals surface area (Å²) < 4.78 is 0.993. The first-order valence-electron chi connectivity index (χ1n) is 1.42. The van der Waals surface area contributed by atoms with Crippen LogP contribution in [0.25, 0.3) is 0 Å². The van der Waals surface area contributed by atoms with E-state index in [0.29, 0.717) is 0 Å². The molecular formula is C4HBrS. The maximum absolute atomic E-state index is 3.20. The molecule has 0 aliphatic carbocycles. The summed E-state index contributed by atoms with van der Waals surface area (Å²) >= 11 is 4.72. The number of hydrogen-bond donors (Lipinski definition) is 0. The van der Waals surface area contributed by atoms with E-state index in [0.717, 1.165) is 4.47 Å². The molecule has 0 unspecified atom stereocenters. The standard InChI is InChI=1S/C4HBrS/c5-4-1-2-6-3-4/h3H. The summed E-state index contributed by atoms with van der Waals surface area (Å²) in [5.41, 5.74) is 0. The van der Waals surface area contributed by atoms with Gasteiger partial charge in [-0.1, -0.05) is 11.3 Å². The molecule has 1 heterocycles. The van der Waals surface area contributed by atoms with Crippen molar-refractivity contribution in [3.63, 3.8) is 0 Å². The van der Waals surface area contributed by atoms with Gasteiger partial charge in [0.2, 0.25) is 0 Å². The van der Waals surface area contributed by atoms with Crippen molar-refractivity contribution in [3.8, 4) is 0 Å². The third-order valence-corrected chi connectivity index (χ3v) is 1.70. The van der Waals surface area contributed by atoms with Crippen LogP contribution in [0.4, 0.5) is 0 Å². The van der Waals surface area contributed by atoms with E-state index in [9.17, 15) is 0 Å². The minimum atomic E-state index is 0.993. The minimum absolute atomic E-state index is 0.993. The summed E-state index contributed by atoms with van der Waals surface area (Å²) in [6.45, 7) is 0. The molecule has 2 heteroatoms. The van der Waals surface area contributed by atoms with Gasteiger partial charge in [0.25, 0.3) is 0 Å². The average Bonchev–Trinajstić information content (AvgIpc) is 1.86. The highest BCUT2D eigenvalue weighted by molar-refractivity contribution is 9.10. The van der Waals surface area contributed by atoms with Crippen molar-refractivity contribution in [2.75, 3.05) is 0 Å². The van der Waals surface area contributed by atoms with Crippen LogP contribution in [0.15, 0.2) is 9.85 Å². The van der Waals surface area contributed by atoms with Gasteiger partial charge in [0.15, 0.2) is 0 Å². The van der Waals surface area contributed by atoms with Crippen LogP contribution in [0, 0.1) is 11.4 Å². The van der Waals surface area contributed by atoms with E-state index >= 15 is 0 Å². The van der Waals surface area contributed by atoms with Gasteiger partial charge in [0, 0.05) is 5.38 Å². The average molecular weight is 161 g/mol.